The Labute approximate surface area is 92.4 Å². The smallest absolute Gasteiger partial charge is 0.205 e. The zero-order chi connectivity index (χ0) is 10.7. The summed E-state index contributed by atoms with van der Waals surface area (Å²) in [5.41, 5.74) is 2.23. The highest BCUT2D eigenvalue weighted by molar-refractivity contribution is 7.18. The van der Waals surface area contributed by atoms with E-state index in [0.717, 1.165) is 22.2 Å². The Hall–Kier alpha value is -1.49. The van der Waals surface area contributed by atoms with Gasteiger partial charge in [0.25, 0.3) is 0 Å². The van der Waals surface area contributed by atoms with E-state index in [1.54, 1.807) is 17.5 Å². The molecule has 0 saturated carbocycles. The summed E-state index contributed by atoms with van der Waals surface area (Å²) in [5.74, 6) is 0. The SMILES string of the molecule is CCNc1nnc(-c2cnccc2C)s1. The van der Waals surface area contributed by atoms with Gasteiger partial charge in [-0.3, -0.25) is 4.98 Å². The van der Waals surface area contributed by atoms with Crippen molar-refractivity contribution in [3.05, 3.63) is 24.0 Å². The van der Waals surface area contributed by atoms with Crippen LogP contribution in [-0.2, 0) is 0 Å². The number of nitrogens with zero attached hydrogens (tertiary/aromatic N) is 3. The van der Waals surface area contributed by atoms with Crippen LogP contribution in [0.15, 0.2) is 18.5 Å². The van der Waals surface area contributed by atoms with Gasteiger partial charge in [-0.05, 0) is 25.5 Å². The van der Waals surface area contributed by atoms with Crippen LogP contribution in [0.4, 0.5) is 5.13 Å². The first kappa shape index (κ1) is 10.0. The second kappa shape index (κ2) is 4.35. The summed E-state index contributed by atoms with van der Waals surface area (Å²) in [6.07, 6.45) is 3.61. The summed E-state index contributed by atoms with van der Waals surface area (Å²) >= 11 is 1.55. The van der Waals surface area contributed by atoms with Crippen molar-refractivity contribution < 1.29 is 0 Å². The van der Waals surface area contributed by atoms with E-state index in [-0.39, 0.29) is 0 Å². The molecule has 0 unspecified atom stereocenters. The summed E-state index contributed by atoms with van der Waals surface area (Å²) in [6.45, 7) is 4.95. The molecule has 0 spiro atoms. The number of aryl methyl sites for hydroxylation is 1. The lowest BCUT2D eigenvalue weighted by molar-refractivity contribution is 1.07. The van der Waals surface area contributed by atoms with Crippen molar-refractivity contribution in [2.24, 2.45) is 0 Å². The Balaban J connectivity index is 2.33. The van der Waals surface area contributed by atoms with Crippen molar-refractivity contribution in [3.63, 3.8) is 0 Å². The van der Waals surface area contributed by atoms with Crippen LogP contribution in [0.5, 0.6) is 0 Å². The highest BCUT2D eigenvalue weighted by Crippen LogP contribution is 2.27. The normalized spacial score (nSPS) is 10.3. The fraction of sp³-hybridized carbons (Fsp3) is 0.300. The first-order valence-corrected chi connectivity index (χ1v) is 5.61. The zero-order valence-corrected chi connectivity index (χ0v) is 9.51. The van der Waals surface area contributed by atoms with Crippen LogP contribution in [0.2, 0.25) is 0 Å². The van der Waals surface area contributed by atoms with Gasteiger partial charge in [-0.2, -0.15) is 0 Å². The standard InChI is InChI=1S/C10H12N4S/c1-3-12-10-14-13-9(15-10)8-6-11-5-4-7(8)2/h4-6H,3H2,1-2H3,(H,12,14). The van der Waals surface area contributed by atoms with Crippen LogP contribution in [0.25, 0.3) is 10.6 Å². The molecule has 0 aliphatic rings. The molecule has 0 fully saturated rings. The monoisotopic (exact) mass is 220 g/mol. The number of aromatic nitrogens is 3. The molecule has 2 aromatic rings. The third-order valence-electron chi connectivity index (χ3n) is 2.02. The third kappa shape index (κ3) is 2.12. The molecule has 78 valence electrons. The summed E-state index contributed by atoms with van der Waals surface area (Å²) in [5, 5.41) is 13.1. The Bertz CT molecular complexity index is 452. The lowest BCUT2D eigenvalue weighted by Gasteiger charge is -1.98. The second-order valence-electron chi connectivity index (χ2n) is 3.13. The van der Waals surface area contributed by atoms with Gasteiger partial charge in [0.1, 0.15) is 0 Å². The van der Waals surface area contributed by atoms with Crippen molar-refractivity contribution in [2.45, 2.75) is 13.8 Å². The molecular formula is C10H12N4S. The maximum Gasteiger partial charge on any atom is 0.205 e. The fourth-order valence-corrected chi connectivity index (χ4v) is 2.13. The number of anilines is 1. The predicted octanol–water partition coefficient (Wildman–Crippen LogP) is 2.34. The number of hydrogen-bond donors (Lipinski definition) is 1. The molecular weight excluding hydrogens is 208 g/mol. The van der Waals surface area contributed by atoms with Crippen molar-refractivity contribution >= 4 is 16.5 Å². The van der Waals surface area contributed by atoms with E-state index in [2.05, 4.69) is 20.5 Å². The number of hydrogen-bond acceptors (Lipinski definition) is 5. The van der Waals surface area contributed by atoms with Gasteiger partial charge in [-0.25, -0.2) is 0 Å². The zero-order valence-electron chi connectivity index (χ0n) is 8.69. The van der Waals surface area contributed by atoms with Crippen LogP contribution >= 0.6 is 11.3 Å². The van der Waals surface area contributed by atoms with Crippen LogP contribution in [0.3, 0.4) is 0 Å². The molecule has 2 heterocycles. The molecule has 2 rings (SSSR count). The Morgan fingerprint density at radius 3 is 3.00 bits per heavy atom. The van der Waals surface area contributed by atoms with Crippen LogP contribution in [-0.4, -0.2) is 21.7 Å². The minimum atomic E-state index is 0.857. The third-order valence-corrected chi connectivity index (χ3v) is 2.94. The molecule has 1 N–H and O–H groups in total. The van der Waals surface area contributed by atoms with Gasteiger partial charge in [-0.1, -0.05) is 11.3 Å². The Morgan fingerprint density at radius 1 is 1.40 bits per heavy atom. The highest BCUT2D eigenvalue weighted by Gasteiger charge is 2.07. The van der Waals surface area contributed by atoms with Gasteiger partial charge in [-0.15, -0.1) is 10.2 Å². The van der Waals surface area contributed by atoms with Crippen molar-refractivity contribution in [2.75, 3.05) is 11.9 Å². The lowest BCUT2D eigenvalue weighted by atomic mass is 10.2. The first-order chi connectivity index (χ1) is 7.31. The topological polar surface area (TPSA) is 50.7 Å². The average Bonchev–Trinajstić information content (AvgIpc) is 2.68. The minimum Gasteiger partial charge on any atom is -0.360 e. The van der Waals surface area contributed by atoms with Crippen LogP contribution < -0.4 is 5.32 Å². The molecule has 0 saturated heterocycles. The molecule has 0 amide bonds. The minimum absolute atomic E-state index is 0.857. The molecule has 0 aromatic carbocycles. The van der Waals surface area contributed by atoms with Crippen molar-refractivity contribution in [1.82, 2.24) is 15.2 Å². The van der Waals surface area contributed by atoms with E-state index in [4.69, 9.17) is 0 Å². The molecule has 5 heteroatoms. The average molecular weight is 220 g/mol. The fourth-order valence-electron chi connectivity index (χ4n) is 1.24. The summed E-state index contributed by atoms with van der Waals surface area (Å²) in [6, 6.07) is 1.98. The molecule has 0 atom stereocenters. The summed E-state index contributed by atoms with van der Waals surface area (Å²) in [7, 11) is 0. The molecule has 4 nitrogen and oxygen atoms in total. The quantitative estimate of drug-likeness (QED) is 0.862. The van der Waals surface area contributed by atoms with Gasteiger partial charge in [0.2, 0.25) is 5.13 Å². The Kier molecular flexibility index (Phi) is 2.91. The summed E-state index contributed by atoms with van der Waals surface area (Å²) < 4.78 is 0. The van der Waals surface area contributed by atoms with Crippen LogP contribution in [0.1, 0.15) is 12.5 Å². The molecule has 0 aliphatic carbocycles. The van der Waals surface area contributed by atoms with E-state index in [1.165, 1.54) is 5.56 Å². The van der Waals surface area contributed by atoms with Gasteiger partial charge in [0, 0.05) is 24.5 Å². The molecule has 0 aliphatic heterocycles. The number of rotatable bonds is 3. The van der Waals surface area contributed by atoms with Crippen molar-refractivity contribution in [1.29, 1.82) is 0 Å². The highest BCUT2D eigenvalue weighted by atomic mass is 32.1. The maximum atomic E-state index is 4.13. The van der Waals surface area contributed by atoms with Crippen LogP contribution in [0, 0.1) is 6.92 Å². The van der Waals surface area contributed by atoms with Gasteiger partial charge >= 0.3 is 0 Å². The van der Waals surface area contributed by atoms with Crippen molar-refractivity contribution in [3.8, 4) is 10.6 Å². The van der Waals surface area contributed by atoms with Gasteiger partial charge < -0.3 is 5.32 Å². The van der Waals surface area contributed by atoms with E-state index in [0.29, 0.717) is 0 Å². The van der Waals surface area contributed by atoms with Gasteiger partial charge in [0.15, 0.2) is 5.01 Å². The molecule has 15 heavy (non-hydrogen) atoms. The second-order valence-corrected chi connectivity index (χ2v) is 4.11. The maximum absolute atomic E-state index is 4.13. The summed E-state index contributed by atoms with van der Waals surface area (Å²) in [4.78, 5) is 4.10. The largest absolute Gasteiger partial charge is 0.360 e. The van der Waals surface area contributed by atoms with E-state index >= 15 is 0 Å². The number of nitrogens with one attached hydrogen (secondary N) is 1. The number of pyridine rings is 1. The predicted molar refractivity (Wildman–Crippen MR) is 62.0 cm³/mol. The first-order valence-electron chi connectivity index (χ1n) is 4.79. The van der Waals surface area contributed by atoms with Gasteiger partial charge in [0.05, 0.1) is 0 Å². The van der Waals surface area contributed by atoms with E-state index < -0.39 is 0 Å². The molecule has 0 bridgehead atoms. The molecule has 0 radical (unpaired) electrons. The van der Waals surface area contributed by atoms with E-state index in [1.807, 2.05) is 26.1 Å². The van der Waals surface area contributed by atoms with E-state index in [9.17, 15) is 0 Å². The lowest BCUT2D eigenvalue weighted by Crippen LogP contribution is -1.94. The Morgan fingerprint density at radius 2 is 2.27 bits per heavy atom. The molecule has 2 aromatic heterocycles.